The Bertz CT molecular complexity index is 1810. The van der Waals surface area contributed by atoms with Gasteiger partial charge in [-0.25, -0.2) is 4.90 Å². The lowest BCUT2D eigenvalue weighted by Gasteiger charge is -2.31. The van der Waals surface area contributed by atoms with Crippen LogP contribution in [0.4, 0.5) is 11.4 Å². The molecule has 14 heteroatoms. The lowest BCUT2D eigenvalue weighted by molar-refractivity contribution is -0.122. The fourth-order valence-electron chi connectivity index (χ4n) is 5.00. The Morgan fingerprint density at radius 2 is 1.74 bits per heavy atom. The maximum absolute atomic E-state index is 14.0. The highest BCUT2D eigenvalue weighted by Crippen LogP contribution is 2.54. The van der Waals surface area contributed by atoms with E-state index in [1.165, 1.54) is 22.7 Å². The number of aromatic nitrogens is 1. The van der Waals surface area contributed by atoms with Crippen LogP contribution in [0.15, 0.2) is 75.0 Å². The first-order valence-corrected chi connectivity index (χ1v) is 15.9. The third-order valence-electron chi connectivity index (χ3n) is 6.78. The van der Waals surface area contributed by atoms with E-state index >= 15 is 0 Å². The van der Waals surface area contributed by atoms with E-state index in [0.717, 1.165) is 11.3 Å². The van der Waals surface area contributed by atoms with Crippen LogP contribution in [0.1, 0.15) is 16.4 Å². The van der Waals surface area contributed by atoms with Gasteiger partial charge in [0.25, 0.3) is 5.91 Å². The molecule has 3 aromatic carbocycles. The van der Waals surface area contributed by atoms with Gasteiger partial charge in [0.2, 0.25) is 11.8 Å². The summed E-state index contributed by atoms with van der Waals surface area (Å²) >= 11 is 23.7. The fourth-order valence-corrected chi connectivity index (χ4v) is 8.31. The van der Waals surface area contributed by atoms with Crippen molar-refractivity contribution in [3.63, 3.8) is 0 Å². The minimum atomic E-state index is -0.834. The number of H-pyrrole nitrogens is 1. The molecule has 3 heterocycles. The number of thioether (sulfide) groups is 1. The number of hydrogen-bond acceptors (Lipinski definition) is 7. The van der Waals surface area contributed by atoms with E-state index in [2.05, 4.69) is 26.2 Å². The Labute approximate surface area is 270 Å². The Morgan fingerprint density at radius 3 is 2.48 bits per heavy atom. The van der Waals surface area contributed by atoms with E-state index < -0.39 is 34.8 Å². The van der Waals surface area contributed by atoms with E-state index in [1.807, 2.05) is 0 Å². The Kier molecular flexibility index (Phi) is 8.16. The van der Waals surface area contributed by atoms with Gasteiger partial charge in [-0.15, -0.1) is 0 Å². The largest absolute Gasteiger partial charge is 0.483 e. The average molecular weight is 726 g/mol. The lowest BCUT2D eigenvalue weighted by atomic mass is 9.82. The number of aromatic amines is 1. The smallest absolute Gasteiger partial charge is 0.305 e. The maximum Gasteiger partial charge on any atom is 0.305 e. The molecule has 0 bridgehead atoms. The molecule has 0 aliphatic carbocycles. The van der Waals surface area contributed by atoms with Crippen molar-refractivity contribution < 1.29 is 19.1 Å². The van der Waals surface area contributed by atoms with Gasteiger partial charge in [-0.1, -0.05) is 73.8 Å². The summed E-state index contributed by atoms with van der Waals surface area (Å²) in [4.78, 5) is 57.2. The van der Waals surface area contributed by atoms with Crippen LogP contribution >= 0.6 is 73.8 Å². The molecule has 214 valence electrons. The minimum absolute atomic E-state index is 0.292. The maximum atomic E-state index is 14.0. The highest BCUT2D eigenvalue weighted by atomic mass is 79.9. The van der Waals surface area contributed by atoms with E-state index in [4.69, 9.17) is 39.5 Å². The number of nitrogens with one attached hydrogen (secondary N) is 2. The molecule has 8 nitrogen and oxygen atoms in total. The number of ether oxygens (including phenoxy) is 1. The number of imide groups is 1. The lowest BCUT2D eigenvalue weighted by Crippen LogP contribution is -2.32. The van der Waals surface area contributed by atoms with Crippen LogP contribution < -0.4 is 19.8 Å². The second-order valence-corrected chi connectivity index (χ2v) is 13.7. The molecule has 2 aliphatic heterocycles. The summed E-state index contributed by atoms with van der Waals surface area (Å²) in [7, 11) is 0. The molecule has 4 aromatic rings. The van der Waals surface area contributed by atoms with E-state index in [-0.39, 0.29) is 11.5 Å². The molecule has 1 fully saturated rings. The number of anilines is 2. The highest BCUT2D eigenvalue weighted by molar-refractivity contribution is 9.10. The summed E-state index contributed by atoms with van der Waals surface area (Å²) in [6.45, 7) is -0.357. The van der Waals surface area contributed by atoms with Crippen LogP contribution in [0.3, 0.4) is 0 Å². The number of hydrogen-bond donors (Lipinski definition) is 2. The van der Waals surface area contributed by atoms with Gasteiger partial charge in [0.15, 0.2) is 6.61 Å². The normalized spacial score (nSPS) is 19.4. The summed E-state index contributed by atoms with van der Waals surface area (Å²) < 4.78 is 6.67. The van der Waals surface area contributed by atoms with Gasteiger partial charge in [-0.05, 0) is 60.7 Å². The molecule has 42 heavy (non-hydrogen) atoms. The van der Waals surface area contributed by atoms with Crippen molar-refractivity contribution in [3.05, 3.63) is 100 Å². The van der Waals surface area contributed by atoms with Crippen molar-refractivity contribution in [2.45, 2.75) is 16.2 Å². The van der Waals surface area contributed by atoms with Gasteiger partial charge in [0.05, 0.1) is 26.7 Å². The highest BCUT2D eigenvalue weighted by Gasteiger charge is 2.56. The van der Waals surface area contributed by atoms with Crippen LogP contribution in [0, 0.1) is 5.92 Å². The minimum Gasteiger partial charge on any atom is -0.483 e. The predicted molar refractivity (Wildman–Crippen MR) is 169 cm³/mol. The van der Waals surface area contributed by atoms with Crippen molar-refractivity contribution >= 4 is 103 Å². The molecule has 0 saturated carbocycles. The molecular formula is C28H17BrCl3N3O5S2. The predicted octanol–water partition coefficient (Wildman–Crippen LogP) is 6.97. The molecule has 3 unspecified atom stereocenters. The average Bonchev–Trinajstić information content (AvgIpc) is 3.44. The Morgan fingerprint density at radius 1 is 0.976 bits per heavy atom. The zero-order valence-electron chi connectivity index (χ0n) is 21.0. The number of thiazole rings is 1. The van der Waals surface area contributed by atoms with Gasteiger partial charge in [0.1, 0.15) is 11.0 Å². The summed E-state index contributed by atoms with van der Waals surface area (Å²) in [6.07, 6.45) is 0. The van der Waals surface area contributed by atoms with Crippen molar-refractivity contribution in [1.82, 2.24) is 4.98 Å². The first kappa shape index (κ1) is 29.3. The van der Waals surface area contributed by atoms with Gasteiger partial charge in [0, 0.05) is 31.5 Å². The molecule has 2 aliphatic rings. The first-order chi connectivity index (χ1) is 20.1. The first-order valence-electron chi connectivity index (χ1n) is 12.3. The van der Waals surface area contributed by atoms with E-state index in [0.29, 0.717) is 52.1 Å². The fraction of sp³-hybridized carbons (Fsp3) is 0.143. The summed E-state index contributed by atoms with van der Waals surface area (Å²) in [5.41, 5.74) is 1.41. The number of amides is 3. The van der Waals surface area contributed by atoms with Gasteiger partial charge in [-0.2, -0.15) is 0 Å². The Hall–Kier alpha value is -2.80. The van der Waals surface area contributed by atoms with Crippen molar-refractivity contribution in [1.29, 1.82) is 0 Å². The van der Waals surface area contributed by atoms with Crippen LogP contribution in [0.25, 0.3) is 0 Å². The van der Waals surface area contributed by atoms with Crippen molar-refractivity contribution in [2.75, 3.05) is 16.8 Å². The van der Waals surface area contributed by atoms with E-state index in [9.17, 15) is 19.2 Å². The second kappa shape index (κ2) is 11.7. The third kappa shape index (κ3) is 5.49. The number of benzene rings is 3. The number of carbonyl (C=O) groups excluding carboxylic acids is 3. The number of rotatable bonds is 6. The molecule has 6 rings (SSSR count). The van der Waals surface area contributed by atoms with Gasteiger partial charge in [-0.3, -0.25) is 19.2 Å². The summed E-state index contributed by atoms with van der Waals surface area (Å²) in [5, 5.41) is 3.57. The number of nitrogens with zero attached hydrogens (tertiary/aromatic N) is 1. The molecule has 0 spiro atoms. The molecule has 3 atom stereocenters. The molecule has 2 N–H and O–H groups in total. The van der Waals surface area contributed by atoms with Crippen LogP contribution in [0.2, 0.25) is 15.1 Å². The zero-order chi connectivity index (χ0) is 29.7. The van der Waals surface area contributed by atoms with Crippen LogP contribution in [0.5, 0.6) is 5.75 Å². The van der Waals surface area contributed by atoms with Crippen molar-refractivity contribution in [2.24, 2.45) is 5.92 Å². The number of carbonyl (C=O) groups is 3. The van der Waals surface area contributed by atoms with E-state index in [1.54, 1.807) is 54.6 Å². The Balaban J connectivity index is 1.35. The molecule has 0 radical (unpaired) electrons. The third-order valence-corrected chi connectivity index (χ3v) is 10.7. The zero-order valence-corrected chi connectivity index (χ0v) is 26.5. The SMILES string of the molecule is O=C(COc1ccc(Br)cc1C1c2sc(=O)[nH]c2SC2C(=O)N(c3ccc(Cl)cc3)C(=O)C21)Nc1ccc(Cl)c(Cl)c1. The van der Waals surface area contributed by atoms with Gasteiger partial charge < -0.3 is 15.0 Å². The molecular weight excluding hydrogens is 709 g/mol. The number of halogens is 4. The van der Waals surface area contributed by atoms with Crippen LogP contribution in [-0.2, 0) is 14.4 Å². The number of fused-ring (bicyclic) bond motifs is 2. The monoisotopic (exact) mass is 723 g/mol. The quantitative estimate of drug-likeness (QED) is 0.208. The van der Waals surface area contributed by atoms with Crippen molar-refractivity contribution in [3.8, 4) is 5.75 Å². The summed E-state index contributed by atoms with van der Waals surface area (Å²) in [5.74, 6) is -2.45. The second-order valence-electron chi connectivity index (χ2n) is 9.39. The molecule has 1 saturated heterocycles. The topological polar surface area (TPSA) is 109 Å². The molecule has 1 aromatic heterocycles. The van der Waals surface area contributed by atoms with Crippen LogP contribution in [-0.4, -0.2) is 34.6 Å². The standard InChI is InChI=1S/C28H17BrCl3N3O5S2/c29-12-1-8-19(40-11-20(36)33-14-4-7-17(31)18(32)10-14)16(9-12)21-22-24(41-25-23(21)42-28(39)34-25)27(38)35(26(22)37)15-5-2-13(30)3-6-15/h1-10,21-22,24H,11H2,(H,33,36)(H,34,39). The summed E-state index contributed by atoms with van der Waals surface area (Å²) in [6, 6.07) is 16.4. The van der Waals surface area contributed by atoms with Gasteiger partial charge >= 0.3 is 4.87 Å². The molecule has 3 amide bonds.